The minimum Gasteiger partial charge on any atom is -0.385 e. The number of piperidine rings is 1. The maximum Gasteiger partial charge on any atom is 0.126 e. The molecule has 1 N–H and O–H groups in total. The van der Waals surface area contributed by atoms with E-state index in [1.807, 2.05) is 0 Å². The van der Waals surface area contributed by atoms with Crippen molar-refractivity contribution in [2.45, 2.75) is 31.7 Å². The molecule has 0 spiro atoms. The second-order valence-corrected chi connectivity index (χ2v) is 5.44. The van der Waals surface area contributed by atoms with Crippen LogP contribution in [0.15, 0.2) is 18.2 Å². The normalized spacial score (nSPS) is 20.9. The van der Waals surface area contributed by atoms with E-state index in [0.29, 0.717) is 11.1 Å². The van der Waals surface area contributed by atoms with Crippen molar-refractivity contribution in [2.24, 2.45) is 0 Å². The van der Waals surface area contributed by atoms with Gasteiger partial charge < -0.3 is 10.2 Å². The predicted octanol–water partition coefficient (Wildman–Crippen LogP) is 3.77. The van der Waals surface area contributed by atoms with E-state index in [0.717, 1.165) is 18.7 Å². The molecule has 2 rings (SSSR count). The van der Waals surface area contributed by atoms with Crippen molar-refractivity contribution in [3.63, 3.8) is 0 Å². The molecule has 1 heterocycles. The molecule has 18 heavy (non-hydrogen) atoms. The molecule has 1 aromatic carbocycles. The standard InChI is InChI=1S/C14H20ClFN2/c1-18-7-3-2-4-14(18)5-6-17-13-9-11(15)8-12(16)10-13/h8-10,14,17H,2-7H2,1H3. The van der Waals surface area contributed by atoms with Crippen LogP contribution in [-0.4, -0.2) is 31.1 Å². The summed E-state index contributed by atoms with van der Waals surface area (Å²) in [4.78, 5) is 2.42. The summed E-state index contributed by atoms with van der Waals surface area (Å²) in [6, 6.07) is 5.21. The second-order valence-electron chi connectivity index (χ2n) is 5.00. The highest BCUT2D eigenvalue weighted by atomic mass is 35.5. The van der Waals surface area contributed by atoms with Crippen molar-refractivity contribution in [3.8, 4) is 0 Å². The summed E-state index contributed by atoms with van der Waals surface area (Å²) in [5.41, 5.74) is 0.762. The number of benzene rings is 1. The lowest BCUT2D eigenvalue weighted by atomic mass is 10.0. The molecule has 0 amide bonds. The number of hydrogen-bond acceptors (Lipinski definition) is 2. The van der Waals surface area contributed by atoms with Crippen molar-refractivity contribution >= 4 is 17.3 Å². The van der Waals surface area contributed by atoms with Crippen LogP contribution in [0.5, 0.6) is 0 Å². The van der Waals surface area contributed by atoms with Crippen molar-refractivity contribution in [1.29, 1.82) is 0 Å². The fraction of sp³-hybridized carbons (Fsp3) is 0.571. The molecule has 0 bridgehead atoms. The molecule has 0 saturated carbocycles. The zero-order valence-electron chi connectivity index (χ0n) is 10.8. The molecule has 4 heteroatoms. The Labute approximate surface area is 113 Å². The first-order valence-corrected chi connectivity index (χ1v) is 6.93. The van der Waals surface area contributed by atoms with Crippen molar-refractivity contribution in [3.05, 3.63) is 29.0 Å². The molecule has 0 aliphatic carbocycles. The summed E-state index contributed by atoms with van der Waals surface area (Å²) >= 11 is 5.81. The monoisotopic (exact) mass is 270 g/mol. The Morgan fingerprint density at radius 1 is 1.39 bits per heavy atom. The largest absolute Gasteiger partial charge is 0.385 e. The van der Waals surface area contributed by atoms with Gasteiger partial charge in [-0.05, 0) is 51.1 Å². The molecule has 1 fully saturated rings. The molecule has 2 nitrogen and oxygen atoms in total. The Morgan fingerprint density at radius 3 is 2.94 bits per heavy atom. The molecular weight excluding hydrogens is 251 g/mol. The van der Waals surface area contributed by atoms with E-state index < -0.39 is 0 Å². The van der Waals surface area contributed by atoms with E-state index in [4.69, 9.17) is 11.6 Å². The number of nitrogens with zero attached hydrogens (tertiary/aromatic N) is 1. The Morgan fingerprint density at radius 2 is 2.22 bits per heavy atom. The van der Waals surface area contributed by atoms with Gasteiger partial charge in [-0.2, -0.15) is 0 Å². The molecule has 1 saturated heterocycles. The molecule has 100 valence electrons. The lowest BCUT2D eigenvalue weighted by molar-refractivity contribution is 0.179. The average molecular weight is 271 g/mol. The van der Waals surface area contributed by atoms with E-state index >= 15 is 0 Å². The molecule has 1 aromatic rings. The lowest BCUT2D eigenvalue weighted by Crippen LogP contribution is -2.37. The van der Waals surface area contributed by atoms with Crippen LogP contribution >= 0.6 is 11.6 Å². The molecule has 0 radical (unpaired) electrons. The fourth-order valence-electron chi connectivity index (χ4n) is 2.55. The van der Waals surface area contributed by atoms with Gasteiger partial charge in [-0.1, -0.05) is 18.0 Å². The topological polar surface area (TPSA) is 15.3 Å². The molecule has 1 aliphatic heterocycles. The molecule has 1 aliphatic rings. The van der Waals surface area contributed by atoms with Crippen LogP contribution in [0.4, 0.5) is 10.1 Å². The fourth-order valence-corrected chi connectivity index (χ4v) is 2.77. The van der Waals surface area contributed by atoms with Gasteiger partial charge in [0.2, 0.25) is 0 Å². The first-order valence-electron chi connectivity index (χ1n) is 6.55. The maximum atomic E-state index is 13.1. The number of likely N-dealkylation sites (tertiary alicyclic amines) is 1. The van der Waals surface area contributed by atoms with Gasteiger partial charge in [0.05, 0.1) is 0 Å². The third-order valence-corrected chi connectivity index (χ3v) is 3.81. The number of halogens is 2. The smallest absolute Gasteiger partial charge is 0.126 e. The van der Waals surface area contributed by atoms with Crippen molar-refractivity contribution in [1.82, 2.24) is 4.90 Å². The third-order valence-electron chi connectivity index (χ3n) is 3.59. The van der Waals surface area contributed by atoms with Gasteiger partial charge in [0.1, 0.15) is 5.82 Å². The van der Waals surface area contributed by atoms with Crippen LogP contribution in [0, 0.1) is 5.82 Å². The summed E-state index contributed by atoms with van der Waals surface area (Å²) in [5, 5.41) is 3.68. The minimum absolute atomic E-state index is 0.292. The highest BCUT2D eigenvalue weighted by Crippen LogP contribution is 2.20. The van der Waals surface area contributed by atoms with Crippen LogP contribution in [0.3, 0.4) is 0 Å². The highest BCUT2D eigenvalue weighted by molar-refractivity contribution is 6.30. The first-order chi connectivity index (χ1) is 8.65. The quantitative estimate of drug-likeness (QED) is 0.896. The van der Waals surface area contributed by atoms with Crippen LogP contribution in [0.2, 0.25) is 5.02 Å². The summed E-state index contributed by atoms with van der Waals surface area (Å²) < 4.78 is 13.1. The molecule has 1 unspecified atom stereocenters. The van der Waals surface area contributed by atoms with E-state index in [-0.39, 0.29) is 5.82 Å². The summed E-state index contributed by atoms with van der Waals surface area (Å²) in [5.74, 6) is -0.292. The van der Waals surface area contributed by atoms with Gasteiger partial charge in [0, 0.05) is 23.3 Å². The van der Waals surface area contributed by atoms with Crippen LogP contribution in [0.1, 0.15) is 25.7 Å². The SMILES string of the molecule is CN1CCCCC1CCNc1cc(F)cc(Cl)c1. The number of nitrogens with one attached hydrogen (secondary N) is 1. The zero-order chi connectivity index (χ0) is 13.0. The number of hydrogen-bond donors (Lipinski definition) is 1. The molecular formula is C14H20ClFN2. The van der Waals surface area contributed by atoms with Gasteiger partial charge in [-0.3, -0.25) is 0 Å². The third kappa shape index (κ3) is 3.85. The number of rotatable bonds is 4. The van der Waals surface area contributed by atoms with Crippen LogP contribution in [0.25, 0.3) is 0 Å². The zero-order valence-corrected chi connectivity index (χ0v) is 11.5. The Kier molecular flexibility index (Phi) is 4.84. The van der Waals surface area contributed by atoms with Gasteiger partial charge in [0.25, 0.3) is 0 Å². The predicted molar refractivity (Wildman–Crippen MR) is 74.8 cm³/mol. The maximum absolute atomic E-state index is 13.1. The van der Waals surface area contributed by atoms with Gasteiger partial charge in [-0.15, -0.1) is 0 Å². The average Bonchev–Trinajstić information content (AvgIpc) is 2.30. The van der Waals surface area contributed by atoms with E-state index in [1.54, 1.807) is 6.07 Å². The van der Waals surface area contributed by atoms with E-state index in [9.17, 15) is 4.39 Å². The van der Waals surface area contributed by atoms with Gasteiger partial charge in [0.15, 0.2) is 0 Å². The van der Waals surface area contributed by atoms with Crippen molar-refractivity contribution < 1.29 is 4.39 Å². The number of anilines is 1. The van der Waals surface area contributed by atoms with Gasteiger partial charge in [-0.25, -0.2) is 4.39 Å². The van der Waals surface area contributed by atoms with E-state index in [1.165, 1.54) is 37.9 Å². The van der Waals surface area contributed by atoms with Crippen LogP contribution in [-0.2, 0) is 0 Å². The van der Waals surface area contributed by atoms with E-state index in [2.05, 4.69) is 17.3 Å². The lowest BCUT2D eigenvalue weighted by Gasteiger charge is -2.32. The first kappa shape index (κ1) is 13.6. The second kappa shape index (κ2) is 6.39. The Bertz CT molecular complexity index is 377. The summed E-state index contributed by atoms with van der Waals surface area (Å²) in [6.07, 6.45) is 4.98. The minimum atomic E-state index is -0.292. The summed E-state index contributed by atoms with van der Waals surface area (Å²) in [6.45, 7) is 2.05. The highest BCUT2D eigenvalue weighted by Gasteiger charge is 2.17. The van der Waals surface area contributed by atoms with Crippen LogP contribution < -0.4 is 5.32 Å². The summed E-state index contributed by atoms with van der Waals surface area (Å²) in [7, 11) is 2.18. The molecule has 1 atom stereocenters. The van der Waals surface area contributed by atoms with Crippen molar-refractivity contribution in [2.75, 3.05) is 25.5 Å². The van der Waals surface area contributed by atoms with Gasteiger partial charge >= 0.3 is 0 Å². The Hall–Kier alpha value is -0.800. The Balaban J connectivity index is 1.80. The molecule has 0 aromatic heterocycles.